The Morgan fingerprint density at radius 1 is 0.867 bits per heavy atom. The predicted molar refractivity (Wildman–Crippen MR) is 116 cm³/mol. The normalized spacial score (nSPS) is 10.5. The summed E-state index contributed by atoms with van der Waals surface area (Å²) in [7, 11) is 0. The lowest BCUT2D eigenvalue weighted by Crippen LogP contribution is -2.21. The quantitative estimate of drug-likeness (QED) is 0.534. The number of nitrogens with one attached hydrogen (secondary N) is 1. The zero-order valence-corrected chi connectivity index (χ0v) is 17.1. The molecule has 3 aromatic carbocycles. The summed E-state index contributed by atoms with van der Waals surface area (Å²) in [5.74, 6) is 0.278. The van der Waals surface area contributed by atoms with Gasteiger partial charge in [0.15, 0.2) is 18.1 Å². The van der Waals surface area contributed by atoms with Crippen LogP contribution in [0.1, 0.15) is 19.4 Å². The molecule has 0 saturated carbocycles. The Kier molecular flexibility index (Phi) is 7.27. The molecule has 6 nitrogen and oxygen atoms in total. The molecule has 0 radical (unpaired) electrons. The summed E-state index contributed by atoms with van der Waals surface area (Å²) in [6.07, 6.45) is 0.103. The van der Waals surface area contributed by atoms with Crippen molar-refractivity contribution in [3.05, 3.63) is 66.2 Å². The third-order valence-electron chi connectivity index (χ3n) is 4.41. The van der Waals surface area contributed by atoms with Gasteiger partial charge in [-0.1, -0.05) is 42.5 Å². The molecule has 0 unspecified atom stereocenters. The van der Waals surface area contributed by atoms with E-state index in [0.717, 1.165) is 16.3 Å². The summed E-state index contributed by atoms with van der Waals surface area (Å²) in [5, 5.41) is 4.76. The number of carbonyl (C=O) groups is 2. The van der Waals surface area contributed by atoms with Gasteiger partial charge in [0.2, 0.25) is 0 Å². The number of amides is 1. The van der Waals surface area contributed by atoms with Crippen LogP contribution in [0.25, 0.3) is 10.8 Å². The van der Waals surface area contributed by atoms with Crippen LogP contribution in [0.5, 0.6) is 11.5 Å². The first-order chi connectivity index (χ1) is 14.6. The van der Waals surface area contributed by atoms with E-state index >= 15 is 0 Å². The number of carbonyl (C=O) groups excluding carboxylic acids is 2. The zero-order valence-electron chi connectivity index (χ0n) is 17.1. The third kappa shape index (κ3) is 5.50. The number of ether oxygens (including phenoxy) is 3. The maximum absolute atomic E-state index is 12.2. The average molecular weight is 407 g/mol. The largest absolute Gasteiger partial charge is 0.490 e. The van der Waals surface area contributed by atoms with Gasteiger partial charge in [-0.2, -0.15) is 0 Å². The van der Waals surface area contributed by atoms with Gasteiger partial charge in [0, 0.05) is 11.8 Å². The van der Waals surface area contributed by atoms with E-state index in [2.05, 4.69) is 5.32 Å². The van der Waals surface area contributed by atoms with E-state index in [0.29, 0.717) is 30.4 Å². The second kappa shape index (κ2) is 10.3. The number of esters is 1. The first-order valence-corrected chi connectivity index (χ1v) is 9.92. The second-order valence-electron chi connectivity index (χ2n) is 6.55. The molecular weight excluding hydrogens is 382 g/mol. The smallest absolute Gasteiger partial charge is 0.310 e. The fourth-order valence-corrected chi connectivity index (χ4v) is 3.13. The lowest BCUT2D eigenvalue weighted by atomic mass is 10.0. The summed E-state index contributed by atoms with van der Waals surface area (Å²) in [4.78, 5) is 24.4. The molecule has 6 heteroatoms. The van der Waals surface area contributed by atoms with Crippen LogP contribution >= 0.6 is 0 Å². The molecule has 1 N–H and O–H groups in total. The Morgan fingerprint density at radius 2 is 1.60 bits per heavy atom. The Hall–Kier alpha value is -3.54. The Labute approximate surface area is 175 Å². The zero-order chi connectivity index (χ0) is 21.3. The van der Waals surface area contributed by atoms with E-state index < -0.39 is 11.9 Å². The van der Waals surface area contributed by atoms with E-state index in [1.165, 1.54) is 0 Å². The van der Waals surface area contributed by atoms with Crippen molar-refractivity contribution in [1.29, 1.82) is 0 Å². The van der Waals surface area contributed by atoms with Gasteiger partial charge < -0.3 is 19.5 Å². The molecule has 0 heterocycles. The Bertz CT molecular complexity index is 1030. The van der Waals surface area contributed by atoms with Gasteiger partial charge in [-0.25, -0.2) is 0 Å². The third-order valence-corrected chi connectivity index (χ3v) is 4.41. The number of fused-ring (bicyclic) bond motifs is 1. The average Bonchev–Trinajstić information content (AvgIpc) is 2.75. The summed E-state index contributed by atoms with van der Waals surface area (Å²) in [6, 6.07) is 18.7. The standard InChI is InChI=1S/C24H25NO5/c1-3-28-21-13-12-19(15-22(21)29-4-2)25-23(26)16-30-24(27)14-18-10-7-9-17-8-5-6-11-20(17)18/h5-13,15H,3-4,14,16H2,1-2H3,(H,25,26). The number of benzene rings is 3. The van der Waals surface area contributed by atoms with Crippen molar-refractivity contribution in [1.82, 2.24) is 0 Å². The van der Waals surface area contributed by atoms with Gasteiger partial charge in [0.1, 0.15) is 0 Å². The van der Waals surface area contributed by atoms with E-state index in [4.69, 9.17) is 14.2 Å². The highest BCUT2D eigenvalue weighted by atomic mass is 16.5. The first-order valence-electron chi connectivity index (χ1n) is 9.92. The SMILES string of the molecule is CCOc1ccc(NC(=O)COC(=O)Cc2cccc3ccccc23)cc1OCC. The molecule has 156 valence electrons. The van der Waals surface area contributed by atoms with E-state index in [1.54, 1.807) is 18.2 Å². The van der Waals surface area contributed by atoms with Crippen molar-refractivity contribution in [2.24, 2.45) is 0 Å². The minimum Gasteiger partial charge on any atom is -0.490 e. The van der Waals surface area contributed by atoms with Crippen molar-refractivity contribution < 1.29 is 23.8 Å². The number of anilines is 1. The van der Waals surface area contributed by atoms with E-state index in [1.807, 2.05) is 56.3 Å². The second-order valence-corrected chi connectivity index (χ2v) is 6.55. The molecule has 30 heavy (non-hydrogen) atoms. The van der Waals surface area contributed by atoms with Crippen LogP contribution in [0.3, 0.4) is 0 Å². The van der Waals surface area contributed by atoms with Crippen LogP contribution in [-0.2, 0) is 20.7 Å². The maximum atomic E-state index is 12.2. The molecular formula is C24H25NO5. The van der Waals surface area contributed by atoms with E-state index in [-0.39, 0.29) is 13.0 Å². The molecule has 0 bridgehead atoms. The minimum atomic E-state index is -0.455. The molecule has 0 aromatic heterocycles. The first kappa shape index (κ1) is 21.2. The molecule has 0 spiro atoms. The highest BCUT2D eigenvalue weighted by Crippen LogP contribution is 2.30. The maximum Gasteiger partial charge on any atom is 0.310 e. The minimum absolute atomic E-state index is 0.103. The summed E-state index contributed by atoms with van der Waals surface area (Å²) in [5.41, 5.74) is 1.41. The predicted octanol–water partition coefficient (Wildman–Crippen LogP) is 4.36. The topological polar surface area (TPSA) is 73.9 Å². The highest BCUT2D eigenvalue weighted by molar-refractivity contribution is 5.94. The van der Waals surface area contributed by atoms with Crippen LogP contribution < -0.4 is 14.8 Å². The summed E-state index contributed by atoms with van der Waals surface area (Å²) < 4.78 is 16.2. The van der Waals surface area contributed by atoms with Crippen LogP contribution in [-0.4, -0.2) is 31.7 Å². The van der Waals surface area contributed by atoms with Crippen molar-refractivity contribution in [2.75, 3.05) is 25.1 Å². The number of hydrogen-bond acceptors (Lipinski definition) is 5. The molecule has 0 fully saturated rings. The van der Waals surface area contributed by atoms with Crippen molar-refractivity contribution in [2.45, 2.75) is 20.3 Å². The molecule has 3 aromatic rings. The van der Waals surface area contributed by atoms with Gasteiger partial charge >= 0.3 is 5.97 Å². The fraction of sp³-hybridized carbons (Fsp3) is 0.250. The van der Waals surface area contributed by atoms with Crippen LogP contribution in [0.15, 0.2) is 60.7 Å². The monoisotopic (exact) mass is 407 g/mol. The Balaban J connectivity index is 1.56. The molecule has 0 aliphatic rings. The molecule has 1 amide bonds. The molecule has 0 aliphatic heterocycles. The lowest BCUT2D eigenvalue weighted by molar-refractivity contribution is -0.146. The number of hydrogen-bond donors (Lipinski definition) is 1. The highest BCUT2D eigenvalue weighted by Gasteiger charge is 2.12. The van der Waals surface area contributed by atoms with Crippen molar-refractivity contribution >= 4 is 28.3 Å². The number of rotatable bonds is 9. The molecule has 0 aliphatic carbocycles. The van der Waals surface area contributed by atoms with Crippen LogP contribution in [0, 0.1) is 0 Å². The van der Waals surface area contributed by atoms with Crippen LogP contribution in [0.4, 0.5) is 5.69 Å². The van der Waals surface area contributed by atoms with Crippen molar-refractivity contribution in [3.8, 4) is 11.5 Å². The summed E-state index contributed by atoms with van der Waals surface area (Å²) in [6.45, 7) is 4.39. The van der Waals surface area contributed by atoms with Gasteiger partial charge in [0.25, 0.3) is 5.91 Å². The van der Waals surface area contributed by atoms with Gasteiger partial charge in [-0.3, -0.25) is 9.59 Å². The lowest BCUT2D eigenvalue weighted by Gasteiger charge is -2.13. The molecule has 0 saturated heterocycles. The Morgan fingerprint density at radius 3 is 2.40 bits per heavy atom. The fourth-order valence-electron chi connectivity index (χ4n) is 3.13. The summed E-state index contributed by atoms with van der Waals surface area (Å²) >= 11 is 0. The molecule has 0 atom stereocenters. The van der Waals surface area contributed by atoms with Crippen LogP contribution in [0.2, 0.25) is 0 Å². The van der Waals surface area contributed by atoms with Gasteiger partial charge in [-0.05, 0) is 42.3 Å². The van der Waals surface area contributed by atoms with Gasteiger partial charge in [0.05, 0.1) is 19.6 Å². The van der Waals surface area contributed by atoms with Gasteiger partial charge in [-0.15, -0.1) is 0 Å². The van der Waals surface area contributed by atoms with Crippen molar-refractivity contribution in [3.63, 3.8) is 0 Å². The molecule has 3 rings (SSSR count). The van der Waals surface area contributed by atoms with E-state index in [9.17, 15) is 9.59 Å².